The smallest absolute Gasteiger partial charge is 0.258 e. The molecule has 0 aliphatic rings. The van der Waals surface area contributed by atoms with E-state index < -0.39 is 5.82 Å². The minimum absolute atomic E-state index is 0.0129. The molecule has 0 radical (unpaired) electrons. The lowest BCUT2D eigenvalue weighted by Crippen LogP contribution is -2.19. The van der Waals surface area contributed by atoms with E-state index in [1.165, 1.54) is 12.1 Å². The third kappa shape index (κ3) is 3.94. The number of halogens is 1. The number of nitrogens with one attached hydrogen (secondary N) is 1. The van der Waals surface area contributed by atoms with Crippen molar-refractivity contribution in [3.8, 4) is 16.9 Å². The zero-order chi connectivity index (χ0) is 22.1. The molecule has 6 nitrogen and oxygen atoms in total. The normalized spacial score (nSPS) is 11.0. The molecule has 0 bridgehead atoms. The molecule has 158 valence electrons. The van der Waals surface area contributed by atoms with Crippen LogP contribution in [0.25, 0.3) is 22.0 Å². The molecule has 4 rings (SSSR count). The molecule has 0 saturated carbocycles. The van der Waals surface area contributed by atoms with E-state index in [0.29, 0.717) is 29.1 Å². The number of benzene rings is 2. The van der Waals surface area contributed by atoms with Gasteiger partial charge in [-0.3, -0.25) is 4.79 Å². The average Bonchev–Trinajstić information content (AvgIpc) is 2.78. The minimum Gasteiger partial charge on any atom is -0.497 e. The zero-order valence-corrected chi connectivity index (χ0v) is 17.6. The molecule has 2 aromatic carbocycles. The minimum atomic E-state index is -0.492. The summed E-state index contributed by atoms with van der Waals surface area (Å²) in [5, 5.41) is 4.08. The van der Waals surface area contributed by atoms with E-state index in [-0.39, 0.29) is 11.2 Å². The van der Waals surface area contributed by atoms with Crippen LogP contribution in [0.5, 0.6) is 5.75 Å². The maximum atomic E-state index is 13.8. The monoisotopic (exact) mass is 418 g/mol. The summed E-state index contributed by atoms with van der Waals surface area (Å²) in [6.07, 6.45) is 1.72. The zero-order valence-electron chi connectivity index (χ0n) is 17.6. The quantitative estimate of drug-likeness (QED) is 0.474. The number of aryl methyl sites for hydroxylation is 2. The number of pyridine rings is 2. The molecule has 0 aliphatic heterocycles. The van der Waals surface area contributed by atoms with Crippen LogP contribution < -0.4 is 21.3 Å². The summed E-state index contributed by atoms with van der Waals surface area (Å²) in [5.74, 6) is 0.970. The number of nitrogen functional groups attached to an aromatic ring is 1. The van der Waals surface area contributed by atoms with Crippen LogP contribution in [0.2, 0.25) is 0 Å². The van der Waals surface area contributed by atoms with Crippen LogP contribution in [0.1, 0.15) is 11.1 Å². The van der Waals surface area contributed by atoms with Gasteiger partial charge in [-0.05, 0) is 53.9 Å². The van der Waals surface area contributed by atoms with Gasteiger partial charge in [0.1, 0.15) is 17.4 Å². The first-order valence-corrected chi connectivity index (χ1v) is 9.80. The van der Waals surface area contributed by atoms with Gasteiger partial charge in [0.2, 0.25) is 0 Å². The van der Waals surface area contributed by atoms with Crippen LogP contribution in [-0.4, -0.2) is 16.7 Å². The number of rotatable bonds is 5. The van der Waals surface area contributed by atoms with Crippen molar-refractivity contribution in [1.29, 1.82) is 0 Å². The molecule has 0 atom stereocenters. The number of fused-ring (bicyclic) bond motifs is 1. The van der Waals surface area contributed by atoms with Gasteiger partial charge in [0.15, 0.2) is 0 Å². The van der Waals surface area contributed by atoms with E-state index in [0.717, 1.165) is 22.2 Å². The number of ether oxygens (including phenoxy) is 1. The average molecular weight is 418 g/mol. The Morgan fingerprint density at radius 1 is 1.13 bits per heavy atom. The molecule has 7 heteroatoms. The summed E-state index contributed by atoms with van der Waals surface area (Å²) in [6, 6.07) is 14.2. The van der Waals surface area contributed by atoms with Gasteiger partial charge < -0.3 is 20.4 Å². The molecular formula is C24H23FN4O2. The van der Waals surface area contributed by atoms with Crippen LogP contribution in [0.15, 0.2) is 59.5 Å². The number of anilines is 2. The molecule has 31 heavy (non-hydrogen) atoms. The van der Waals surface area contributed by atoms with E-state index in [1.54, 1.807) is 37.9 Å². The largest absolute Gasteiger partial charge is 0.497 e. The summed E-state index contributed by atoms with van der Waals surface area (Å²) in [4.78, 5) is 17.5. The van der Waals surface area contributed by atoms with Crippen molar-refractivity contribution in [3.05, 3.63) is 82.0 Å². The number of aromatic nitrogens is 2. The summed E-state index contributed by atoms with van der Waals surface area (Å²) in [5.41, 5.74) is 9.10. The Bertz CT molecular complexity index is 1330. The van der Waals surface area contributed by atoms with Crippen molar-refractivity contribution in [3.63, 3.8) is 0 Å². The Kier molecular flexibility index (Phi) is 5.33. The molecule has 0 fully saturated rings. The van der Waals surface area contributed by atoms with Gasteiger partial charge in [0, 0.05) is 36.8 Å². The van der Waals surface area contributed by atoms with Crippen molar-refractivity contribution in [2.24, 2.45) is 7.05 Å². The predicted octanol–water partition coefficient (Wildman–Crippen LogP) is 4.25. The second-order valence-corrected chi connectivity index (χ2v) is 7.44. The van der Waals surface area contributed by atoms with Crippen molar-refractivity contribution in [2.75, 3.05) is 18.2 Å². The fourth-order valence-electron chi connectivity index (χ4n) is 3.57. The van der Waals surface area contributed by atoms with Gasteiger partial charge >= 0.3 is 0 Å². The third-order valence-corrected chi connectivity index (χ3v) is 5.37. The van der Waals surface area contributed by atoms with Crippen molar-refractivity contribution < 1.29 is 9.13 Å². The SMILES string of the molecule is COc1ccc(CNc2cc3c(cn2)cc(-c2cc(N)c(F)cc2C)c(=O)n3C)cc1. The molecule has 0 amide bonds. The number of hydrogen-bond donors (Lipinski definition) is 2. The molecule has 2 aromatic heterocycles. The second-order valence-electron chi connectivity index (χ2n) is 7.44. The molecule has 0 spiro atoms. The summed E-state index contributed by atoms with van der Waals surface area (Å²) >= 11 is 0. The van der Waals surface area contributed by atoms with Crippen molar-refractivity contribution >= 4 is 22.4 Å². The van der Waals surface area contributed by atoms with Gasteiger partial charge in [-0.25, -0.2) is 9.37 Å². The van der Waals surface area contributed by atoms with Gasteiger partial charge in [0.05, 0.1) is 18.3 Å². The highest BCUT2D eigenvalue weighted by molar-refractivity contribution is 5.86. The second kappa shape index (κ2) is 8.10. The molecule has 2 heterocycles. The predicted molar refractivity (Wildman–Crippen MR) is 122 cm³/mol. The van der Waals surface area contributed by atoms with Gasteiger partial charge in [0.25, 0.3) is 5.56 Å². The van der Waals surface area contributed by atoms with E-state index in [2.05, 4.69) is 10.3 Å². The van der Waals surface area contributed by atoms with E-state index in [1.807, 2.05) is 30.3 Å². The Morgan fingerprint density at radius 3 is 2.58 bits per heavy atom. The lowest BCUT2D eigenvalue weighted by molar-refractivity contribution is 0.414. The van der Waals surface area contributed by atoms with Gasteiger partial charge in [-0.1, -0.05) is 12.1 Å². The third-order valence-electron chi connectivity index (χ3n) is 5.37. The highest BCUT2D eigenvalue weighted by atomic mass is 19.1. The highest BCUT2D eigenvalue weighted by Gasteiger charge is 2.14. The lowest BCUT2D eigenvalue weighted by Gasteiger charge is -2.13. The first kappa shape index (κ1) is 20.4. The van der Waals surface area contributed by atoms with Gasteiger partial charge in [-0.2, -0.15) is 0 Å². The van der Waals surface area contributed by atoms with E-state index in [9.17, 15) is 9.18 Å². The maximum Gasteiger partial charge on any atom is 0.258 e. The molecule has 3 N–H and O–H groups in total. The topological polar surface area (TPSA) is 82.2 Å². The number of nitrogens with zero attached hydrogens (tertiary/aromatic N) is 2. The summed E-state index contributed by atoms with van der Waals surface area (Å²) < 4.78 is 20.5. The number of nitrogens with two attached hydrogens (primary N) is 1. The van der Waals surface area contributed by atoms with Crippen LogP contribution in [0, 0.1) is 12.7 Å². The highest BCUT2D eigenvalue weighted by Crippen LogP contribution is 2.28. The number of hydrogen-bond acceptors (Lipinski definition) is 5. The maximum absolute atomic E-state index is 13.8. The Balaban J connectivity index is 1.68. The molecule has 0 unspecified atom stereocenters. The Labute approximate surface area is 179 Å². The molecular weight excluding hydrogens is 395 g/mol. The van der Waals surface area contributed by atoms with Crippen molar-refractivity contribution in [2.45, 2.75) is 13.5 Å². The van der Waals surface area contributed by atoms with E-state index in [4.69, 9.17) is 10.5 Å². The molecule has 0 saturated heterocycles. The first-order valence-electron chi connectivity index (χ1n) is 9.80. The fourth-order valence-corrected chi connectivity index (χ4v) is 3.57. The van der Waals surface area contributed by atoms with Crippen LogP contribution in [0.3, 0.4) is 0 Å². The standard InChI is InChI=1S/C24H23FN4O2/c1-14-8-20(25)21(26)10-18(14)19-9-16-13-28-23(11-22(16)29(2)24(19)30)27-12-15-4-6-17(31-3)7-5-15/h4-11,13H,12,26H2,1-3H3,(H,27,28). The Hall–Kier alpha value is -3.87. The Morgan fingerprint density at radius 2 is 1.87 bits per heavy atom. The van der Waals surface area contributed by atoms with E-state index >= 15 is 0 Å². The van der Waals surface area contributed by atoms with Gasteiger partial charge in [-0.15, -0.1) is 0 Å². The summed E-state index contributed by atoms with van der Waals surface area (Å²) in [6.45, 7) is 2.34. The van der Waals surface area contributed by atoms with Crippen LogP contribution in [0.4, 0.5) is 15.9 Å². The number of methoxy groups -OCH3 is 1. The van der Waals surface area contributed by atoms with Crippen LogP contribution >= 0.6 is 0 Å². The van der Waals surface area contributed by atoms with Crippen molar-refractivity contribution in [1.82, 2.24) is 9.55 Å². The molecule has 0 aliphatic carbocycles. The first-order chi connectivity index (χ1) is 14.9. The lowest BCUT2D eigenvalue weighted by atomic mass is 9.99. The van der Waals surface area contributed by atoms with Crippen LogP contribution in [-0.2, 0) is 13.6 Å². The fraction of sp³-hybridized carbons (Fsp3) is 0.167. The molecule has 4 aromatic rings. The summed E-state index contributed by atoms with van der Waals surface area (Å²) in [7, 11) is 3.35.